The highest BCUT2D eigenvalue weighted by Gasteiger charge is 2.21. The summed E-state index contributed by atoms with van der Waals surface area (Å²) in [4.78, 5) is 27.1. The largest absolute Gasteiger partial charge is 0.310 e. The van der Waals surface area contributed by atoms with Crippen molar-refractivity contribution in [2.45, 2.75) is 18.8 Å². The van der Waals surface area contributed by atoms with Crippen molar-refractivity contribution >= 4 is 16.6 Å². The fraction of sp³-hybridized carbons (Fsp3) is 0.286. The number of aromatic amines is 1. The highest BCUT2D eigenvalue weighted by atomic mass is 16.1. The van der Waals surface area contributed by atoms with E-state index in [1.807, 2.05) is 47.1 Å². The van der Waals surface area contributed by atoms with Crippen LogP contribution in [0, 0.1) is 0 Å². The minimum absolute atomic E-state index is 0.0560. The van der Waals surface area contributed by atoms with Crippen LogP contribution in [-0.2, 0) is 0 Å². The van der Waals surface area contributed by atoms with Crippen LogP contribution >= 0.6 is 0 Å². The maximum Gasteiger partial charge on any atom is 0.258 e. The van der Waals surface area contributed by atoms with Gasteiger partial charge in [0.05, 0.1) is 10.9 Å². The summed E-state index contributed by atoms with van der Waals surface area (Å²) in [7, 11) is 2.13. The fourth-order valence-corrected chi connectivity index (χ4v) is 3.90. The molecule has 5 rings (SSSR count). The van der Waals surface area contributed by atoms with Gasteiger partial charge < -0.3 is 14.3 Å². The first-order valence-corrected chi connectivity index (χ1v) is 9.33. The number of nitrogens with one attached hydrogen (secondary N) is 1. The molecule has 1 aromatic carbocycles. The molecular formula is C21H21N5O. The molecule has 0 bridgehead atoms. The molecule has 1 N–H and O–H groups in total. The van der Waals surface area contributed by atoms with Crippen molar-refractivity contribution in [3.8, 4) is 11.1 Å². The summed E-state index contributed by atoms with van der Waals surface area (Å²) in [5.74, 6) is 1.16. The van der Waals surface area contributed by atoms with E-state index in [0.717, 1.165) is 54.0 Å². The lowest BCUT2D eigenvalue weighted by molar-refractivity contribution is 0.251. The van der Waals surface area contributed by atoms with Crippen LogP contribution in [0.1, 0.15) is 24.6 Å². The number of rotatable bonds is 2. The van der Waals surface area contributed by atoms with Gasteiger partial charge in [-0.25, -0.2) is 9.97 Å². The molecule has 1 aliphatic heterocycles. The first-order chi connectivity index (χ1) is 13.2. The first kappa shape index (κ1) is 16.2. The molecule has 0 radical (unpaired) electrons. The van der Waals surface area contributed by atoms with Crippen molar-refractivity contribution in [1.82, 2.24) is 24.3 Å². The quantitative estimate of drug-likeness (QED) is 0.597. The van der Waals surface area contributed by atoms with Gasteiger partial charge in [0, 0.05) is 24.5 Å². The molecule has 1 aliphatic rings. The van der Waals surface area contributed by atoms with Gasteiger partial charge in [0.2, 0.25) is 0 Å². The van der Waals surface area contributed by atoms with E-state index in [0.29, 0.717) is 11.3 Å². The molecule has 6 nitrogen and oxygen atoms in total. The second-order valence-corrected chi connectivity index (χ2v) is 7.37. The van der Waals surface area contributed by atoms with Crippen LogP contribution in [0.15, 0.2) is 53.7 Å². The highest BCUT2D eigenvalue weighted by Crippen LogP contribution is 2.27. The number of H-pyrrole nitrogens is 1. The molecule has 0 aliphatic carbocycles. The smallest absolute Gasteiger partial charge is 0.258 e. The Kier molecular flexibility index (Phi) is 3.79. The number of aromatic nitrogens is 4. The molecule has 0 saturated carbocycles. The van der Waals surface area contributed by atoms with E-state index < -0.39 is 0 Å². The van der Waals surface area contributed by atoms with E-state index in [-0.39, 0.29) is 5.56 Å². The van der Waals surface area contributed by atoms with Crippen molar-refractivity contribution in [2.24, 2.45) is 0 Å². The van der Waals surface area contributed by atoms with E-state index in [1.54, 1.807) is 6.20 Å². The summed E-state index contributed by atoms with van der Waals surface area (Å²) in [6.07, 6.45) is 7.79. The van der Waals surface area contributed by atoms with Crippen molar-refractivity contribution < 1.29 is 0 Å². The van der Waals surface area contributed by atoms with Crippen LogP contribution in [0.2, 0.25) is 0 Å². The Morgan fingerprint density at radius 1 is 1.11 bits per heavy atom. The van der Waals surface area contributed by atoms with Crippen molar-refractivity contribution in [1.29, 1.82) is 0 Å². The van der Waals surface area contributed by atoms with E-state index in [4.69, 9.17) is 4.98 Å². The lowest BCUT2D eigenvalue weighted by atomic mass is 9.96. The second kappa shape index (κ2) is 6.32. The molecule has 136 valence electrons. The molecule has 3 aromatic heterocycles. The first-order valence-electron chi connectivity index (χ1n) is 9.33. The third kappa shape index (κ3) is 2.92. The Balaban J connectivity index is 1.55. The number of hydrogen-bond donors (Lipinski definition) is 1. The number of pyridine rings is 1. The normalized spacial score (nSPS) is 16.3. The zero-order valence-corrected chi connectivity index (χ0v) is 15.2. The number of fused-ring (bicyclic) bond motifs is 2. The Hall–Kier alpha value is -2.99. The van der Waals surface area contributed by atoms with E-state index in [2.05, 4.69) is 21.9 Å². The number of hydrogen-bond acceptors (Lipinski definition) is 4. The second-order valence-electron chi connectivity index (χ2n) is 7.37. The zero-order valence-electron chi connectivity index (χ0n) is 15.2. The molecular weight excluding hydrogens is 338 g/mol. The fourth-order valence-electron chi connectivity index (χ4n) is 3.90. The summed E-state index contributed by atoms with van der Waals surface area (Å²) in [5, 5.41) is 0.634. The molecule has 4 aromatic rings. The summed E-state index contributed by atoms with van der Waals surface area (Å²) in [5.41, 5.74) is 3.65. The predicted octanol–water partition coefficient (Wildman–Crippen LogP) is 3.05. The minimum atomic E-state index is -0.0560. The third-order valence-electron chi connectivity index (χ3n) is 5.55. The van der Waals surface area contributed by atoms with Gasteiger partial charge in [-0.05, 0) is 68.4 Å². The Labute approximate surface area is 156 Å². The van der Waals surface area contributed by atoms with E-state index >= 15 is 0 Å². The number of likely N-dealkylation sites (tertiary alicyclic amines) is 1. The van der Waals surface area contributed by atoms with Gasteiger partial charge in [-0.1, -0.05) is 6.07 Å². The Morgan fingerprint density at radius 3 is 2.78 bits per heavy atom. The van der Waals surface area contributed by atoms with Crippen LogP contribution in [0.25, 0.3) is 27.7 Å². The molecule has 27 heavy (non-hydrogen) atoms. The number of nitrogens with zero attached hydrogens (tertiary/aromatic N) is 4. The molecule has 6 heteroatoms. The molecule has 4 heterocycles. The van der Waals surface area contributed by atoms with Gasteiger partial charge >= 0.3 is 0 Å². The van der Waals surface area contributed by atoms with Gasteiger partial charge in [0.1, 0.15) is 11.5 Å². The van der Waals surface area contributed by atoms with E-state index in [1.165, 1.54) is 0 Å². The Morgan fingerprint density at radius 2 is 1.93 bits per heavy atom. The van der Waals surface area contributed by atoms with Crippen LogP contribution in [0.3, 0.4) is 0 Å². The summed E-state index contributed by atoms with van der Waals surface area (Å²) < 4.78 is 1.98. The molecule has 0 atom stereocenters. The van der Waals surface area contributed by atoms with Crippen molar-refractivity contribution in [3.63, 3.8) is 0 Å². The van der Waals surface area contributed by atoms with Crippen molar-refractivity contribution in [3.05, 3.63) is 65.1 Å². The minimum Gasteiger partial charge on any atom is -0.310 e. The molecule has 0 amide bonds. The van der Waals surface area contributed by atoms with Crippen LogP contribution in [0.4, 0.5) is 0 Å². The molecule has 1 fully saturated rings. The van der Waals surface area contributed by atoms with Gasteiger partial charge in [0.15, 0.2) is 0 Å². The summed E-state index contributed by atoms with van der Waals surface area (Å²) in [6, 6.07) is 9.92. The lowest BCUT2D eigenvalue weighted by Gasteiger charge is -2.28. The average Bonchev–Trinajstić information content (AvgIpc) is 3.16. The zero-order chi connectivity index (χ0) is 18.4. The van der Waals surface area contributed by atoms with Gasteiger partial charge in [0.25, 0.3) is 5.56 Å². The lowest BCUT2D eigenvalue weighted by Crippen LogP contribution is -2.30. The average molecular weight is 359 g/mol. The summed E-state index contributed by atoms with van der Waals surface area (Å²) >= 11 is 0. The van der Waals surface area contributed by atoms with Crippen molar-refractivity contribution in [2.75, 3.05) is 20.1 Å². The predicted molar refractivity (Wildman–Crippen MR) is 106 cm³/mol. The SMILES string of the molecule is CN1CCC(c2nc3ccc(-c4ccc5nccn5c4)cc3c(=O)[nH]2)CC1. The standard InChI is InChI=1S/C21H21N5O/c1-25-9-6-14(7-10-25)20-23-18-4-2-15(12-17(18)21(27)24-20)16-3-5-19-22-8-11-26(19)13-16/h2-5,8,11-14H,6-7,9-10H2,1H3,(H,23,24,27). The monoisotopic (exact) mass is 359 g/mol. The molecule has 0 unspecified atom stereocenters. The van der Waals surface area contributed by atoms with Crippen LogP contribution < -0.4 is 5.56 Å². The number of benzene rings is 1. The number of piperidine rings is 1. The number of imidazole rings is 1. The third-order valence-corrected chi connectivity index (χ3v) is 5.55. The topological polar surface area (TPSA) is 66.3 Å². The van der Waals surface area contributed by atoms with E-state index in [9.17, 15) is 4.79 Å². The maximum absolute atomic E-state index is 12.7. The molecule has 0 spiro atoms. The molecule has 1 saturated heterocycles. The van der Waals surface area contributed by atoms with Crippen LogP contribution in [-0.4, -0.2) is 44.4 Å². The van der Waals surface area contributed by atoms with Gasteiger partial charge in [-0.2, -0.15) is 0 Å². The van der Waals surface area contributed by atoms with Crippen LogP contribution in [0.5, 0.6) is 0 Å². The summed E-state index contributed by atoms with van der Waals surface area (Å²) in [6.45, 7) is 2.09. The Bertz CT molecular complexity index is 1180. The van der Waals surface area contributed by atoms with Gasteiger partial charge in [-0.15, -0.1) is 0 Å². The maximum atomic E-state index is 12.7. The van der Waals surface area contributed by atoms with Gasteiger partial charge in [-0.3, -0.25) is 4.79 Å². The highest BCUT2D eigenvalue weighted by molar-refractivity contribution is 5.83.